The van der Waals surface area contributed by atoms with E-state index in [0.29, 0.717) is 6.42 Å². The van der Waals surface area contributed by atoms with E-state index in [0.717, 1.165) is 0 Å². The average molecular weight is 272 g/mol. The van der Waals surface area contributed by atoms with Crippen LogP contribution >= 0.6 is 34.8 Å². The fourth-order valence-corrected chi connectivity index (χ4v) is 1.09. The molecule has 7 heteroatoms. The maximum atomic E-state index is 12.3. The largest absolute Gasteiger partial charge is 0.380 e. The summed E-state index contributed by atoms with van der Waals surface area (Å²) in [6.45, 7) is 0.0156. The zero-order chi connectivity index (χ0) is 11.2. The standard InChI is InChI=1S/C7H11Cl3F2O2/c1-13-5(4-8)2-3-14-6(9)7(10,11)12/h5-6H,2-4H2,1H3. The number of hydrogen-bond acceptors (Lipinski definition) is 2. The second-order valence-corrected chi connectivity index (χ2v) is 3.74. The van der Waals surface area contributed by atoms with Gasteiger partial charge < -0.3 is 9.47 Å². The van der Waals surface area contributed by atoms with E-state index in [-0.39, 0.29) is 18.6 Å². The fourth-order valence-electron chi connectivity index (χ4n) is 0.655. The highest BCUT2D eigenvalue weighted by molar-refractivity contribution is 6.30. The van der Waals surface area contributed by atoms with Crippen LogP contribution in [0.3, 0.4) is 0 Å². The lowest BCUT2D eigenvalue weighted by molar-refractivity contribution is -0.0476. The fraction of sp³-hybridized carbons (Fsp3) is 1.00. The molecule has 0 bridgehead atoms. The summed E-state index contributed by atoms with van der Waals surface area (Å²) in [5.41, 5.74) is -1.84. The molecule has 2 unspecified atom stereocenters. The first kappa shape index (κ1) is 14.6. The zero-order valence-corrected chi connectivity index (χ0v) is 9.75. The molecule has 0 aliphatic carbocycles. The van der Waals surface area contributed by atoms with Crippen LogP contribution in [-0.2, 0) is 9.47 Å². The van der Waals surface area contributed by atoms with Gasteiger partial charge in [0.1, 0.15) is 0 Å². The molecule has 0 saturated carbocycles. The molecular formula is C7H11Cl3F2O2. The first-order valence-corrected chi connectivity index (χ1v) is 5.17. The lowest BCUT2D eigenvalue weighted by Crippen LogP contribution is -2.27. The third-order valence-electron chi connectivity index (χ3n) is 1.47. The predicted octanol–water partition coefficient (Wildman–Crippen LogP) is 3.04. The van der Waals surface area contributed by atoms with Gasteiger partial charge in [0, 0.05) is 13.0 Å². The SMILES string of the molecule is COC(CCl)CCOC(Cl)C(F)(F)Cl. The molecule has 0 saturated heterocycles. The number of rotatable bonds is 7. The number of hydrogen-bond donors (Lipinski definition) is 0. The van der Waals surface area contributed by atoms with Crippen LogP contribution < -0.4 is 0 Å². The highest BCUT2D eigenvalue weighted by Crippen LogP contribution is 2.28. The zero-order valence-electron chi connectivity index (χ0n) is 7.48. The Hall–Kier alpha value is 0.650. The normalized spacial score (nSPS) is 16.7. The summed E-state index contributed by atoms with van der Waals surface area (Å²) in [5, 5.41) is -3.56. The molecule has 0 amide bonds. The van der Waals surface area contributed by atoms with E-state index in [9.17, 15) is 8.78 Å². The van der Waals surface area contributed by atoms with Crippen LogP contribution in [0.2, 0.25) is 0 Å². The molecular weight excluding hydrogens is 260 g/mol. The van der Waals surface area contributed by atoms with Crippen LogP contribution in [0.15, 0.2) is 0 Å². The summed E-state index contributed by atoms with van der Waals surface area (Å²) in [6, 6.07) is 0. The number of alkyl halides is 5. The molecule has 0 radical (unpaired) electrons. The van der Waals surface area contributed by atoms with Crippen molar-refractivity contribution in [3.8, 4) is 0 Å². The third-order valence-corrected chi connectivity index (χ3v) is 2.52. The van der Waals surface area contributed by atoms with Crippen molar-refractivity contribution in [2.45, 2.75) is 23.5 Å². The van der Waals surface area contributed by atoms with Gasteiger partial charge in [-0.05, 0) is 18.0 Å². The summed E-state index contributed by atoms with van der Waals surface area (Å²) in [6.07, 6.45) is 0.153. The Morgan fingerprint density at radius 3 is 2.36 bits per heavy atom. The lowest BCUT2D eigenvalue weighted by Gasteiger charge is -2.17. The Morgan fingerprint density at radius 1 is 1.43 bits per heavy atom. The van der Waals surface area contributed by atoms with Crippen LogP contribution in [0, 0.1) is 0 Å². The van der Waals surface area contributed by atoms with Crippen molar-refractivity contribution in [1.29, 1.82) is 0 Å². The molecule has 0 rings (SSSR count). The van der Waals surface area contributed by atoms with Crippen LogP contribution in [0.5, 0.6) is 0 Å². The van der Waals surface area contributed by atoms with Gasteiger partial charge in [0.15, 0.2) is 0 Å². The molecule has 14 heavy (non-hydrogen) atoms. The van der Waals surface area contributed by atoms with E-state index < -0.39 is 10.9 Å². The Balaban J connectivity index is 3.63. The first-order chi connectivity index (χ1) is 6.41. The molecule has 2 nitrogen and oxygen atoms in total. The first-order valence-electron chi connectivity index (χ1n) is 3.83. The quantitative estimate of drug-likeness (QED) is 0.663. The minimum Gasteiger partial charge on any atom is -0.380 e. The van der Waals surface area contributed by atoms with E-state index in [1.807, 2.05) is 0 Å². The van der Waals surface area contributed by atoms with Crippen LogP contribution in [0.1, 0.15) is 6.42 Å². The van der Waals surface area contributed by atoms with Gasteiger partial charge in [-0.25, -0.2) is 0 Å². The maximum Gasteiger partial charge on any atom is 0.361 e. The van der Waals surface area contributed by atoms with E-state index in [4.69, 9.17) is 27.9 Å². The Morgan fingerprint density at radius 2 is 2.00 bits per heavy atom. The van der Waals surface area contributed by atoms with Crippen molar-refractivity contribution < 1.29 is 18.3 Å². The van der Waals surface area contributed by atoms with Gasteiger partial charge in [0.2, 0.25) is 5.56 Å². The molecule has 0 heterocycles. The number of halogens is 5. The maximum absolute atomic E-state index is 12.3. The smallest absolute Gasteiger partial charge is 0.361 e. The van der Waals surface area contributed by atoms with Crippen molar-refractivity contribution in [3.63, 3.8) is 0 Å². The van der Waals surface area contributed by atoms with Gasteiger partial charge in [-0.3, -0.25) is 0 Å². The second kappa shape index (κ2) is 7.01. The molecule has 0 fully saturated rings. The van der Waals surface area contributed by atoms with Crippen molar-refractivity contribution in [1.82, 2.24) is 0 Å². The van der Waals surface area contributed by atoms with Gasteiger partial charge >= 0.3 is 5.38 Å². The minimum absolute atomic E-state index is 0.0156. The average Bonchev–Trinajstić information content (AvgIpc) is 2.10. The second-order valence-electron chi connectivity index (χ2n) is 2.53. The molecule has 0 aliphatic heterocycles. The van der Waals surface area contributed by atoms with E-state index in [1.54, 1.807) is 0 Å². The van der Waals surface area contributed by atoms with Gasteiger partial charge in [-0.1, -0.05) is 11.6 Å². The summed E-state index contributed by atoms with van der Waals surface area (Å²) in [7, 11) is 1.47. The molecule has 0 aromatic carbocycles. The molecule has 0 aliphatic rings. The summed E-state index contributed by atoms with van der Waals surface area (Å²) >= 11 is 15.3. The molecule has 2 atom stereocenters. The number of ether oxygens (including phenoxy) is 2. The summed E-state index contributed by atoms with van der Waals surface area (Å²) in [4.78, 5) is 0. The minimum atomic E-state index is -3.56. The molecule has 0 spiro atoms. The topological polar surface area (TPSA) is 18.5 Å². The third kappa shape index (κ3) is 6.19. The van der Waals surface area contributed by atoms with E-state index in [1.165, 1.54) is 7.11 Å². The summed E-state index contributed by atoms with van der Waals surface area (Å²) < 4.78 is 34.0. The molecule has 86 valence electrons. The van der Waals surface area contributed by atoms with Crippen molar-refractivity contribution >= 4 is 34.8 Å². The Labute approximate surface area is 96.4 Å². The van der Waals surface area contributed by atoms with Gasteiger partial charge in [-0.2, -0.15) is 8.78 Å². The Kier molecular flexibility index (Phi) is 7.34. The van der Waals surface area contributed by atoms with E-state index >= 15 is 0 Å². The van der Waals surface area contributed by atoms with Gasteiger partial charge in [0.25, 0.3) is 0 Å². The van der Waals surface area contributed by atoms with Crippen molar-refractivity contribution in [3.05, 3.63) is 0 Å². The highest BCUT2D eigenvalue weighted by Gasteiger charge is 2.36. The van der Waals surface area contributed by atoms with Gasteiger partial charge in [0.05, 0.1) is 12.7 Å². The van der Waals surface area contributed by atoms with Gasteiger partial charge in [-0.15, -0.1) is 11.6 Å². The highest BCUT2D eigenvalue weighted by atomic mass is 35.5. The number of methoxy groups -OCH3 is 1. The van der Waals surface area contributed by atoms with Crippen LogP contribution in [0.4, 0.5) is 8.78 Å². The summed E-state index contributed by atoms with van der Waals surface area (Å²) in [5.74, 6) is 0.268. The monoisotopic (exact) mass is 270 g/mol. The van der Waals surface area contributed by atoms with Crippen molar-refractivity contribution in [2.24, 2.45) is 0 Å². The lowest BCUT2D eigenvalue weighted by atomic mass is 10.3. The van der Waals surface area contributed by atoms with Crippen LogP contribution in [-0.4, -0.2) is 36.6 Å². The van der Waals surface area contributed by atoms with Crippen molar-refractivity contribution in [2.75, 3.05) is 19.6 Å². The Bertz CT molecular complexity index is 150. The molecule has 0 N–H and O–H groups in total. The predicted molar refractivity (Wildman–Crippen MR) is 52.5 cm³/mol. The molecule has 0 aromatic rings. The van der Waals surface area contributed by atoms with Crippen LogP contribution in [0.25, 0.3) is 0 Å². The molecule has 0 aromatic heterocycles. The van der Waals surface area contributed by atoms with E-state index in [2.05, 4.69) is 16.3 Å².